The molecular formula is C12H13NO4S. The fourth-order valence-electron chi connectivity index (χ4n) is 1.92. The number of amides is 1. The van der Waals surface area contributed by atoms with Gasteiger partial charge in [-0.1, -0.05) is 13.0 Å². The molecule has 0 spiro atoms. The third-order valence-electron chi connectivity index (χ3n) is 2.91. The molecule has 18 heavy (non-hydrogen) atoms. The Morgan fingerprint density at radius 3 is 2.72 bits per heavy atom. The Morgan fingerprint density at radius 1 is 1.50 bits per heavy atom. The first-order valence-electron chi connectivity index (χ1n) is 5.40. The Balaban J connectivity index is 2.75. The highest BCUT2D eigenvalue weighted by Crippen LogP contribution is 2.31. The third kappa shape index (κ3) is 1.78. The van der Waals surface area contributed by atoms with Crippen molar-refractivity contribution in [1.29, 1.82) is 0 Å². The Labute approximate surface area is 105 Å². The zero-order chi connectivity index (χ0) is 13.5. The van der Waals surface area contributed by atoms with E-state index in [0.29, 0.717) is 17.5 Å². The van der Waals surface area contributed by atoms with E-state index in [1.807, 2.05) is 6.92 Å². The molecule has 2 N–H and O–H groups in total. The van der Waals surface area contributed by atoms with E-state index in [-0.39, 0.29) is 22.2 Å². The van der Waals surface area contributed by atoms with Crippen molar-refractivity contribution in [2.24, 2.45) is 5.73 Å². The first kappa shape index (κ1) is 12.6. The van der Waals surface area contributed by atoms with Crippen LogP contribution in [0.2, 0.25) is 0 Å². The van der Waals surface area contributed by atoms with Gasteiger partial charge in [0, 0.05) is 11.1 Å². The molecule has 0 atom stereocenters. The summed E-state index contributed by atoms with van der Waals surface area (Å²) in [7, 11) is -3.73. The fourth-order valence-corrected chi connectivity index (χ4v) is 3.11. The maximum Gasteiger partial charge on any atom is 0.249 e. The minimum absolute atomic E-state index is 0.0600. The zero-order valence-electron chi connectivity index (χ0n) is 9.89. The van der Waals surface area contributed by atoms with Crippen LogP contribution < -0.4 is 5.73 Å². The van der Waals surface area contributed by atoms with E-state index < -0.39 is 15.7 Å². The molecule has 5 nitrogen and oxygen atoms in total. The monoisotopic (exact) mass is 267 g/mol. The van der Waals surface area contributed by atoms with Crippen LogP contribution in [0.25, 0.3) is 0 Å². The van der Waals surface area contributed by atoms with Crippen molar-refractivity contribution >= 4 is 15.7 Å². The molecule has 0 radical (unpaired) electrons. The van der Waals surface area contributed by atoms with Crippen molar-refractivity contribution in [2.75, 3.05) is 0 Å². The topological polar surface area (TPSA) is 86.5 Å². The van der Waals surface area contributed by atoms with Gasteiger partial charge in [-0.15, -0.1) is 0 Å². The largest absolute Gasteiger partial charge is 0.478 e. The summed E-state index contributed by atoms with van der Waals surface area (Å²) in [6, 6.07) is 2.97. The maximum absolute atomic E-state index is 12.0. The Morgan fingerprint density at radius 2 is 2.17 bits per heavy atom. The van der Waals surface area contributed by atoms with E-state index in [9.17, 15) is 13.2 Å². The van der Waals surface area contributed by atoms with Crippen LogP contribution in [-0.2, 0) is 27.6 Å². The van der Waals surface area contributed by atoms with Crippen LogP contribution in [0.5, 0.6) is 0 Å². The van der Waals surface area contributed by atoms with Gasteiger partial charge in [0.1, 0.15) is 6.61 Å². The Hall–Kier alpha value is -1.82. The average molecular weight is 267 g/mol. The normalized spacial score (nSPS) is 16.8. The smallest absolute Gasteiger partial charge is 0.249 e. The summed E-state index contributed by atoms with van der Waals surface area (Å²) >= 11 is 0. The van der Waals surface area contributed by atoms with Gasteiger partial charge in [0.15, 0.2) is 0 Å². The number of hydrogen-bond acceptors (Lipinski definition) is 4. The van der Waals surface area contributed by atoms with Gasteiger partial charge < -0.3 is 10.5 Å². The van der Waals surface area contributed by atoms with Gasteiger partial charge in [0.25, 0.3) is 0 Å². The number of carbonyl (C=O) groups excluding carboxylic acids is 1. The summed E-state index contributed by atoms with van der Waals surface area (Å²) in [5.41, 5.74) is 6.74. The molecule has 1 heterocycles. The maximum atomic E-state index is 12.0. The molecule has 1 aromatic rings. The molecule has 1 aromatic carbocycles. The summed E-state index contributed by atoms with van der Waals surface area (Å²) < 4.78 is 29.0. The molecule has 0 unspecified atom stereocenters. The molecule has 96 valence electrons. The van der Waals surface area contributed by atoms with E-state index >= 15 is 0 Å². The van der Waals surface area contributed by atoms with E-state index in [0.717, 1.165) is 0 Å². The van der Waals surface area contributed by atoms with Gasteiger partial charge >= 0.3 is 0 Å². The van der Waals surface area contributed by atoms with Crippen molar-refractivity contribution in [1.82, 2.24) is 0 Å². The molecule has 0 aromatic heterocycles. The highest BCUT2D eigenvalue weighted by atomic mass is 32.2. The van der Waals surface area contributed by atoms with Crippen LogP contribution in [-0.4, -0.2) is 14.3 Å². The fraction of sp³-hybridized carbons (Fsp3) is 0.250. The first-order chi connectivity index (χ1) is 8.37. The van der Waals surface area contributed by atoms with Gasteiger partial charge in [0.05, 0.1) is 4.90 Å². The molecule has 0 bridgehead atoms. The number of hydrogen-bond donors (Lipinski definition) is 1. The molecule has 0 fully saturated rings. The first-order valence-corrected chi connectivity index (χ1v) is 6.88. The van der Waals surface area contributed by atoms with Crippen LogP contribution in [0, 0.1) is 0 Å². The SMILES string of the molecule is C=C1OCc2cc(CC)c(C(N)=O)cc2S1(=O)=O. The number of rotatable bonds is 2. The molecule has 1 aliphatic rings. The molecule has 6 heteroatoms. The Bertz CT molecular complexity index is 646. The molecule has 1 aliphatic heterocycles. The lowest BCUT2D eigenvalue weighted by Gasteiger charge is -2.21. The number of nitrogens with two attached hydrogens (primary N) is 1. The van der Waals surface area contributed by atoms with Crippen LogP contribution in [0.15, 0.2) is 28.7 Å². The van der Waals surface area contributed by atoms with Crippen molar-refractivity contribution in [2.45, 2.75) is 24.8 Å². The highest BCUT2D eigenvalue weighted by molar-refractivity contribution is 7.95. The van der Waals surface area contributed by atoms with E-state index in [1.165, 1.54) is 6.07 Å². The number of fused-ring (bicyclic) bond motifs is 1. The van der Waals surface area contributed by atoms with Gasteiger partial charge in [-0.05, 0) is 24.6 Å². The standard InChI is InChI=1S/C12H13NO4S/c1-3-8-4-9-6-17-7(2)18(15,16)11(9)5-10(8)12(13)14/h4-5H,2-3,6H2,1H3,(H2,13,14). The van der Waals surface area contributed by atoms with E-state index in [1.54, 1.807) is 6.07 Å². The molecule has 1 amide bonds. The molecule has 0 aliphatic carbocycles. The van der Waals surface area contributed by atoms with Crippen LogP contribution in [0.1, 0.15) is 28.4 Å². The zero-order valence-corrected chi connectivity index (χ0v) is 10.7. The second-order valence-electron chi connectivity index (χ2n) is 4.00. The van der Waals surface area contributed by atoms with Crippen LogP contribution >= 0.6 is 0 Å². The lowest BCUT2D eigenvalue weighted by Crippen LogP contribution is -2.20. The quantitative estimate of drug-likeness (QED) is 0.870. The van der Waals surface area contributed by atoms with Crippen molar-refractivity contribution in [3.63, 3.8) is 0 Å². The van der Waals surface area contributed by atoms with Crippen molar-refractivity contribution in [3.05, 3.63) is 40.5 Å². The van der Waals surface area contributed by atoms with Gasteiger partial charge in [-0.2, -0.15) is 0 Å². The predicted octanol–water partition coefficient (Wildman–Crippen LogP) is 1.12. The molecular weight excluding hydrogens is 254 g/mol. The van der Waals surface area contributed by atoms with Gasteiger partial charge in [0.2, 0.25) is 20.8 Å². The minimum Gasteiger partial charge on any atom is -0.478 e. The Kier molecular flexibility index (Phi) is 2.90. The van der Waals surface area contributed by atoms with Crippen molar-refractivity contribution in [3.8, 4) is 0 Å². The number of ether oxygens (including phenoxy) is 1. The second-order valence-corrected chi connectivity index (χ2v) is 5.90. The summed E-state index contributed by atoms with van der Waals surface area (Å²) in [6.07, 6.45) is 0.590. The number of aryl methyl sites for hydroxylation is 1. The summed E-state index contributed by atoms with van der Waals surface area (Å²) in [5.74, 6) is -0.637. The van der Waals surface area contributed by atoms with Crippen LogP contribution in [0.4, 0.5) is 0 Å². The number of benzene rings is 1. The predicted molar refractivity (Wildman–Crippen MR) is 65.5 cm³/mol. The second kappa shape index (κ2) is 4.13. The van der Waals surface area contributed by atoms with Crippen LogP contribution in [0.3, 0.4) is 0 Å². The lowest BCUT2D eigenvalue weighted by molar-refractivity contribution is 0.0999. The molecule has 0 saturated heterocycles. The molecule has 0 saturated carbocycles. The number of primary amides is 1. The van der Waals surface area contributed by atoms with Crippen molar-refractivity contribution < 1.29 is 17.9 Å². The summed E-state index contributed by atoms with van der Waals surface area (Å²) in [6.45, 7) is 5.36. The third-order valence-corrected chi connectivity index (χ3v) is 4.59. The minimum atomic E-state index is -3.73. The highest BCUT2D eigenvalue weighted by Gasteiger charge is 2.30. The number of sulfone groups is 1. The molecule has 2 rings (SSSR count). The van der Waals surface area contributed by atoms with Gasteiger partial charge in [-0.25, -0.2) is 8.42 Å². The van der Waals surface area contributed by atoms with E-state index in [4.69, 9.17) is 10.5 Å². The summed E-state index contributed by atoms with van der Waals surface area (Å²) in [5, 5.41) is -0.297. The van der Waals surface area contributed by atoms with E-state index in [2.05, 4.69) is 6.58 Å². The lowest BCUT2D eigenvalue weighted by atomic mass is 10.0. The van der Waals surface area contributed by atoms with Gasteiger partial charge in [-0.3, -0.25) is 4.79 Å². The average Bonchev–Trinajstić information content (AvgIpc) is 2.32. The number of carbonyl (C=O) groups is 1. The summed E-state index contributed by atoms with van der Waals surface area (Å²) in [4.78, 5) is 11.4.